The van der Waals surface area contributed by atoms with Crippen molar-refractivity contribution in [3.05, 3.63) is 34.9 Å². The maximum Gasteiger partial charge on any atom is 0.292 e. The number of benzene rings is 1. The van der Waals surface area contributed by atoms with Crippen LogP contribution in [0.3, 0.4) is 0 Å². The van der Waals surface area contributed by atoms with Crippen molar-refractivity contribution < 1.29 is 9.59 Å². The average molecular weight is 233 g/mol. The van der Waals surface area contributed by atoms with Crippen molar-refractivity contribution in [1.29, 1.82) is 0 Å². The van der Waals surface area contributed by atoms with E-state index in [1.807, 2.05) is 26.8 Å². The van der Waals surface area contributed by atoms with Crippen LogP contribution in [0.15, 0.2) is 18.2 Å². The second-order valence-corrected chi connectivity index (χ2v) is 4.24. The van der Waals surface area contributed by atoms with Crippen LogP contribution in [0.5, 0.6) is 0 Å². The van der Waals surface area contributed by atoms with E-state index < -0.39 is 11.7 Å². The number of ketones is 1. The molecular weight excluding hydrogens is 214 g/mol. The summed E-state index contributed by atoms with van der Waals surface area (Å²) >= 11 is 0. The van der Waals surface area contributed by atoms with Crippen molar-refractivity contribution in [3.8, 4) is 0 Å². The van der Waals surface area contributed by atoms with Gasteiger partial charge >= 0.3 is 0 Å². The maximum absolute atomic E-state index is 11.8. The van der Waals surface area contributed by atoms with Crippen LogP contribution in [0.4, 0.5) is 0 Å². The molecule has 3 nitrogen and oxygen atoms in total. The summed E-state index contributed by atoms with van der Waals surface area (Å²) in [6.07, 6.45) is 1.89. The molecule has 0 saturated heterocycles. The monoisotopic (exact) mass is 233 g/mol. The smallest absolute Gasteiger partial charge is 0.292 e. The van der Waals surface area contributed by atoms with E-state index in [0.717, 1.165) is 24.0 Å². The van der Waals surface area contributed by atoms with Gasteiger partial charge in [-0.3, -0.25) is 9.59 Å². The van der Waals surface area contributed by atoms with Crippen molar-refractivity contribution in [2.24, 2.45) is 0 Å². The standard InChI is InChI=1S/C14H19NO2/c1-4-5-8-15-14(17)13(16)12-7-6-10(2)11(3)9-12/h6-7,9H,4-5,8H2,1-3H3,(H,15,17). The molecule has 0 radical (unpaired) electrons. The summed E-state index contributed by atoms with van der Waals surface area (Å²) in [5, 5.41) is 2.63. The molecule has 0 heterocycles. The quantitative estimate of drug-likeness (QED) is 0.482. The third kappa shape index (κ3) is 3.70. The molecule has 0 aliphatic carbocycles. The molecule has 0 aliphatic rings. The zero-order valence-electron chi connectivity index (χ0n) is 10.7. The van der Waals surface area contributed by atoms with Crippen LogP contribution in [0.25, 0.3) is 0 Å². The first-order valence-electron chi connectivity index (χ1n) is 5.96. The van der Waals surface area contributed by atoms with Gasteiger partial charge in [0.05, 0.1) is 0 Å². The zero-order valence-corrected chi connectivity index (χ0v) is 10.7. The van der Waals surface area contributed by atoms with Gasteiger partial charge in [-0.1, -0.05) is 25.5 Å². The molecule has 1 aromatic rings. The lowest BCUT2D eigenvalue weighted by molar-refractivity contribution is -0.117. The van der Waals surface area contributed by atoms with Crippen LogP contribution < -0.4 is 5.32 Å². The van der Waals surface area contributed by atoms with E-state index in [-0.39, 0.29) is 0 Å². The predicted octanol–water partition coefficient (Wildman–Crippen LogP) is 2.40. The summed E-state index contributed by atoms with van der Waals surface area (Å²) in [7, 11) is 0. The number of hydrogen-bond acceptors (Lipinski definition) is 2. The predicted molar refractivity (Wildman–Crippen MR) is 68.2 cm³/mol. The highest BCUT2D eigenvalue weighted by Gasteiger charge is 2.15. The maximum atomic E-state index is 11.8. The van der Waals surface area contributed by atoms with Gasteiger partial charge in [-0.05, 0) is 37.5 Å². The van der Waals surface area contributed by atoms with Gasteiger partial charge in [0, 0.05) is 12.1 Å². The molecular formula is C14H19NO2. The number of carbonyl (C=O) groups is 2. The highest BCUT2D eigenvalue weighted by molar-refractivity contribution is 6.42. The minimum absolute atomic E-state index is 0.454. The van der Waals surface area contributed by atoms with E-state index in [9.17, 15) is 9.59 Å². The number of amides is 1. The molecule has 1 N–H and O–H groups in total. The Hall–Kier alpha value is -1.64. The minimum Gasteiger partial charge on any atom is -0.349 e. The summed E-state index contributed by atoms with van der Waals surface area (Å²) in [6, 6.07) is 5.32. The lowest BCUT2D eigenvalue weighted by Crippen LogP contribution is -2.31. The van der Waals surface area contributed by atoms with Gasteiger partial charge in [0.25, 0.3) is 5.91 Å². The summed E-state index contributed by atoms with van der Waals surface area (Å²) in [4.78, 5) is 23.3. The van der Waals surface area contributed by atoms with Gasteiger partial charge in [0.2, 0.25) is 5.78 Å². The Labute approximate surface area is 102 Å². The fraction of sp³-hybridized carbons (Fsp3) is 0.429. The number of hydrogen-bond donors (Lipinski definition) is 1. The molecule has 1 amide bonds. The highest BCUT2D eigenvalue weighted by Crippen LogP contribution is 2.10. The fourth-order valence-corrected chi connectivity index (χ4v) is 1.47. The van der Waals surface area contributed by atoms with Crippen LogP contribution in [-0.2, 0) is 4.79 Å². The molecule has 0 aromatic heterocycles. The van der Waals surface area contributed by atoms with Gasteiger partial charge in [-0.25, -0.2) is 0 Å². The Balaban J connectivity index is 2.68. The van der Waals surface area contributed by atoms with Crippen molar-refractivity contribution in [2.45, 2.75) is 33.6 Å². The summed E-state index contributed by atoms with van der Waals surface area (Å²) in [5.74, 6) is -0.967. The summed E-state index contributed by atoms with van der Waals surface area (Å²) in [5.41, 5.74) is 2.60. The molecule has 3 heteroatoms. The zero-order chi connectivity index (χ0) is 12.8. The molecule has 0 unspecified atom stereocenters. The molecule has 0 aliphatic heterocycles. The molecule has 0 saturated carbocycles. The Morgan fingerprint density at radius 2 is 1.88 bits per heavy atom. The molecule has 0 atom stereocenters. The van der Waals surface area contributed by atoms with Gasteiger partial charge in [0.15, 0.2) is 0 Å². The molecule has 92 valence electrons. The van der Waals surface area contributed by atoms with Gasteiger partial charge in [0.1, 0.15) is 0 Å². The van der Waals surface area contributed by atoms with Crippen LogP contribution in [0, 0.1) is 13.8 Å². The Morgan fingerprint density at radius 3 is 2.47 bits per heavy atom. The first kappa shape index (κ1) is 13.4. The number of unbranched alkanes of at least 4 members (excludes halogenated alkanes) is 1. The number of aryl methyl sites for hydroxylation is 2. The first-order chi connectivity index (χ1) is 8.06. The largest absolute Gasteiger partial charge is 0.349 e. The Bertz CT molecular complexity index is 424. The van der Waals surface area contributed by atoms with Crippen molar-refractivity contribution in [2.75, 3.05) is 6.54 Å². The Morgan fingerprint density at radius 1 is 1.18 bits per heavy atom. The SMILES string of the molecule is CCCCNC(=O)C(=O)c1ccc(C)c(C)c1. The lowest BCUT2D eigenvalue weighted by atomic mass is 10.0. The Kier molecular flexibility index (Phi) is 4.88. The van der Waals surface area contributed by atoms with E-state index in [0.29, 0.717) is 12.1 Å². The van der Waals surface area contributed by atoms with Gasteiger partial charge in [-0.15, -0.1) is 0 Å². The lowest BCUT2D eigenvalue weighted by Gasteiger charge is -2.05. The third-order valence-corrected chi connectivity index (χ3v) is 2.79. The van der Waals surface area contributed by atoms with E-state index in [2.05, 4.69) is 5.32 Å². The number of rotatable bonds is 5. The summed E-state index contributed by atoms with van der Waals surface area (Å²) in [6.45, 7) is 6.51. The molecule has 0 bridgehead atoms. The van der Waals surface area contributed by atoms with E-state index in [1.54, 1.807) is 12.1 Å². The molecule has 1 rings (SSSR count). The van der Waals surface area contributed by atoms with E-state index in [1.165, 1.54) is 0 Å². The van der Waals surface area contributed by atoms with Crippen LogP contribution in [0.2, 0.25) is 0 Å². The minimum atomic E-state index is -0.512. The van der Waals surface area contributed by atoms with Crippen molar-refractivity contribution >= 4 is 11.7 Å². The van der Waals surface area contributed by atoms with Crippen LogP contribution >= 0.6 is 0 Å². The normalized spacial score (nSPS) is 10.1. The second-order valence-electron chi connectivity index (χ2n) is 4.24. The van der Waals surface area contributed by atoms with Gasteiger partial charge in [-0.2, -0.15) is 0 Å². The van der Waals surface area contributed by atoms with E-state index in [4.69, 9.17) is 0 Å². The highest BCUT2D eigenvalue weighted by atomic mass is 16.2. The number of Topliss-reactive ketones (excluding diaryl/α,β-unsaturated/α-hetero) is 1. The number of carbonyl (C=O) groups excluding carboxylic acids is 2. The van der Waals surface area contributed by atoms with Crippen molar-refractivity contribution in [1.82, 2.24) is 5.32 Å². The topological polar surface area (TPSA) is 46.2 Å². The van der Waals surface area contributed by atoms with E-state index >= 15 is 0 Å². The molecule has 17 heavy (non-hydrogen) atoms. The third-order valence-electron chi connectivity index (χ3n) is 2.79. The number of nitrogens with one attached hydrogen (secondary N) is 1. The summed E-state index contributed by atoms with van der Waals surface area (Å²) < 4.78 is 0. The molecule has 0 fully saturated rings. The first-order valence-corrected chi connectivity index (χ1v) is 5.96. The van der Waals surface area contributed by atoms with Gasteiger partial charge < -0.3 is 5.32 Å². The van der Waals surface area contributed by atoms with Crippen molar-refractivity contribution in [3.63, 3.8) is 0 Å². The average Bonchev–Trinajstić information content (AvgIpc) is 2.32. The second kappa shape index (κ2) is 6.18. The van der Waals surface area contributed by atoms with Crippen LogP contribution in [0.1, 0.15) is 41.3 Å². The van der Waals surface area contributed by atoms with Crippen LogP contribution in [-0.4, -0.2) is 18.2 Å². The molecule has 1 aromatic carbocycles. The fourth-order valence-electron chi connectivity index (χ4n) is 1.47. The molecule has 0 spiro atoms.